The number of carbonyl (C=O) groups excluding carboxylic acids is 2. The van der Waals surface area contributed by atoms with Gasteiger partial charge < -0.3 is 5.32 Å². The molecule has 1 aliphatic rings. The van der Waals surface area contributed by atoms with Crippen molar-refractivity contribution in [3.8, 4) is 6.07 Å². The van der Waals surface area contributed by atoms with Crippen molar-refractivity contribution in [1.82, 2.24) is 5.32 Å². The number of rotatable bonds is 2. The second-order valence-corrected chi connectivity index (χ2v) is 4.42. The molecule has 1 aromatic carbocycles. The zero-order chi connectivity index (χ0) is 13.3. The molecule has 5 nitrogen and oxygen atoms in total. The van der Waals surface area contributed by atoms with Crippen LogP contribution in [-0.2, 0) is 4.79 Å². The Bertz CT molecular complexity index is 562. The maximum absolute atomic E-state index is 12.2. The second-order valence-electron chi connectivity index (χ2n) is 4.42. The van der Waals surface area contributed by atoms with Crippen LogP contribution < -0.4 is 10.2 Å². The first-order valence-electron chi connectivity index (χ1n) is 5.68. The highest BCUT2D eigenvalue weighted by Crippen LogP contribution is 2.27. The summed E-state index contributed by atoms with van der Waals surface area (Å²) in [6.07, 6.45) is 0.520. The molecule has 5 heteroatoms. The molecule has 0 aromatic heterocycles. The van der Waals surface area contributed by atoms with Crippen molar-refractivity contribution in [2.24, 2.45) is 0 Å². The summed E-state index contributed by atoms with van der Waals surface area (Å²) in [4.78, 5) is 25.2. The number of carbonyl (C=O) groups is 2. The summed E-state index contributed by atoms with van der Waals surface area (Å²) in [5.74, 6) is -0.287. The van der Waals surface area contributed by atoms with Gasteiger partial charge in [-0.2, -0.15) is 5.26 Å². The van der Waals surface area contributed by atoms with Gasteiger partial charge in [-0.3, -0.25) is 4.79 Å². The molecule has 1 unspecified atom stereocenters. The minimum atomic E-state index is -0.861. The standard InChI is InChI=1S/C13H13N3O2/c1-3-13(2)11(17)16(12(18)15-13)10-6-4-5-9(7-10)8-14/h4-7H,3H2,1-2H3,(H,15,18). The van der Waals surface area contributed by atoms with Crippen LogP contribution in [0, 0.1) is 11.3 Å². The zero-order valence-electron chi connectivity index (χ0n) is 10.2. The third-order valence-corrected chi connectivity index (χ3v) is 3.20. The van der Waals surface area contributed by atoms with Crippen LogP contribution in [0.2, 0.25) is 0 Å². The van der Waals surface area contributed by atoms with E-state index >= 15 is 0 Å². The van der Waals surface area contributed by atoms with E-state index in [1.54, 1.807) is 25.1 Å². The number of nitriles is 1. The number of hydrogen-bond donors (Lipinski definition) is 1. The molecule has 1 N–H and O–H groups in total. The van der Waals surface area contributed by atoms with Crippen LogP contribution in [0.1, 0.15) is 25.8 Å². The van der Waals surface area contributed by atoms with Crippen molar-refractivity contribution >= 4 is 17.6 Å². The van der Waals surface area contributed by atoms with Crippen LogP contribution in [0.25, 0.3) is 0 Å². The van der Waals surface area contributed by atoms with E-state index < -0.39 is 11.6 Å². The molecule has 1 fully saturated rings. The molecule has 1 saturated heterocycles. The molecule has 1 atom stereocenters. The summed E-state index contributed by atoms with van der Waals surface area (Å²) in [7, 11) is 0. The van der Waals surface area contributed by atoms with Gasteiger partial charge in [-0.05, 0) is 31.5 Å². The van der Waals surface area contributed by atoms with Gasteiger partial charge in [0.1, 0.15) is 5.54 Å². The van der Waals surface area contributed by atoms with E-state index in [9.17, 15) is 9.59 Å². The Morgan fingerprint density at radius 2 is 2.17 bits per heavy atom. The Kier molecular flexibility index (Phi) is 2.79. The molecule has 0 radical (unpaired) electrons. The Balaban J connectivity index is 2.43. The molecule has 18 heavy (non-hydrogen) atoms. The highest BCUT2D eigenvalue weighted by Gasteiger charge is 2.47. The van der Waals surface area contributed by atoms with Crippen LogP contribution >= 0.6 is 0 Å². The van der Waals surface area contributed by atoms with Crippen molar-refractivity contribution in [1.29, 1.82) is 5.26 Å². The quantitative estimate of drug-likeness (QED) is 0.805. The van der Waals surface area contributed by atoms with Gasteiger partial charge in [0.2, 0.25) is 0 Å². The average molecular weight is 243 g/mol. The number of nitrogens with zero attached hydrogens (tertiary/aromatic N) is 2. The molecule has 0 saturated carbocycles. The van der Waals surface area contributed by atoms with E-state index in [0.29, 0.717) is 17.7 Å². The lowest BCUT2D eigenvalue weighted by Crippen LogP contribution is -2.43. The lowest BCUT2D eigenvalue weighted by molar-refractivity contribution is -0.121. The fourth-order valence-corrected chi connectivity index (χ4v) is 1.87. The molecule has 1 aromatic rings. The molecule has 0 spiro atoms. The van der Waals surface area contributed by atoms with Crippen LogP contribution in [0.3, 0.4) is 0 Å². The third-order valence-electron chi connectivity index (χ3n) is 3.20. The minimum Gasteiger partial charge on any atom is -0.323 e. The van der Waals surface area contributed by atoms with Crippen molar-refractivity contribution in [2.45, 2.75) is 25.8 Å². The predicted molar refractivity (Wildman–Crippen MR) is 65.9 cm³/mol. The van der Waals surface area contributed by atoms with Gasteiger partial charge >= 0.3 is 6.03 Å². The second kappa shape index (κ2) is 4.15. The fraction of sp³-hybridized carbons (Fsp3) is 0.308. The zero-order valence-corrected chi connectivity index (χ0v) is 10.2. The van der Waals surface area contributed by atoms with Gasteiger partial charge in [0.05, 0.1) is 17.3 Å². The van der Waals surface area contributed by atoms with E-state index in [0.717, 1.165) is 4.90 Å². The smallest absolute Gasteiger partial charge is 0.323 e. The maximum atomic E-state index is 12.2. The third kappa shape index (κ3) is 1.72. The number of urea groups is 1. The first kappa shape index (κ1) is 12.1. The summed E-state index contributed by atoms with van der Waals surface area (Å²) in [6, 6.07) is 7.98. The highest BCUT2D eigenvalue weighted by molar-refractivity contribution is 6.23. The number of amides is 3. The van der Waals surface area contributed by atoms with Gasteiger partial charge in [-0.15, -0.1) is 0 Å². The molecule has 2 rings (SSSR count). The van der Waals surface area contributed by atoms with E-state index in [2.05, 4.69) is 5.32 Å². The average Bonchev–Trinajstić information content (AvgIpc) is 2.61. The first-order chi connectivity index (χ1) is 8.51. The lowest BCUT2D eigenvalue weighted by Gasteiger charge is -2.19. The van der Waals surface area contributed by atoms with Gasteiger partial charge in [0, 0.05) is 0 Å². The molecular weight excluding hydrogens is 230 g/mol. The molecule has 0 aliphatic carbocycles. The molecule has 1 heterocycles. The van der Waals surface area contributed by atoms with Crippen LogP contribution in [0.15, 0.2) is 24.3 Å². The molecule has 0 bridgehead atoms. The Labute approximate surface area is 105 Å². The predicted octanol–water partition coefficient (Wildman–Crippen LogP) is 1.78. The van der Waals surface area contributed by atoms with Gasteiger partial charge in [-0.1, -0.05) is 13.0 Å². The van der Waals surface area contributed by atoms with E-state index in [4.69, 9.17) is 5.26 Å². The van der Waals surface area contributed by atoms with Gasteiger partial charge in [0.15, 0.2) is 0 Å². The fourth-order valence-electron chi connectivity index (χ4n) is 1.87. The molecule has 3 amide bonds. The number of anilines is 1. The van der Waals surface area contributed by atoms with Crippen molar-refractivity contribution < 1.29 is 9.59 Å². The van der Waals surface area contributed by atoms with Crippen LogP contribution in [0.5, 0.6) is 0 Å². The summed E-state index contributed by atoms with van der Waals surface area (Å²) >= 11 is 0. The molecule has 92 valence electrons. The van der Waals surface area contributed by atoms with Crippen LogP contribution in [0.4, 0.5) is 10.5 Å². The Morgan fingerprint density at radius 3 is 2.72 bits per heavy atom. The minimum absolute atomic E-state index is 0.287. The number of hydrogen-bond acceptors (Lipinski definition) is 3. The number of nitrogens with one attached hydrogen (secondary N) is 1. The molecular formula is C13H13N3O2. The summed E-state index contributed by atoms with van der Waals surface area (Å²) < 4.78 is 0. The van der Waals surface area contributed by atoms with Gasteiger partial charge in [0.25, 0.3) is 5.91 Å². The maximum Gasteiger partial charge on any atom is 0.329 e. The summed E-state index contributed by atoms with van der Waals surface area (Å²) in [5.41, 5.74) is -0.0216. The highest BCUT2D eigenvalue weighted by atomic mass is 16.2. The molecule has 1 aliphatic heterocycles. The lowest BCUT2D eigenvalue weighted by atomic mass is 9.99. The Hall–Kier alpha value is -2.35. The first-order valence-corrected chi connectivity index (χ1v) is 5.68. The van der Waals surface area contributed by atoms with E-state index in [1.807, 2.05) is 13.0 Å². The van der Waals surface area contributed by atoms with E-state index in [-0.39, 0.29) is 5.91 Å². The van der Waals surface area contributed by atoms with Crippen molar-refractivity contribution in [3.05, 3.63) is 29.8 Å². The van der Waals surface area contributed by atoms with E-state index in [1.165, 1.54) is 6.07 Å². The number of imide groups is 1. The monoisotopic (exact) mass is 243 g/mol. The van der Waals surface area contributed by atoms with Gasteiger partial charge in [-0.25, -0.2) is 9.69 Å². The SMILES string of the molecule is CCC1(C)NC(=O)N(c2cccc(C#N)c2)C1=O. The summed E-state index contributed by atoms with van der Waals surface area (Å²) in [5, 5.41) is 11.5. The van der Waals surface area contributed by atoms with Crippen molar-refractivity contribution in [2.75, 3.05) is 4.90 Å². The van der Waals surface area contributed by atoms with Crippen molar-refractivity contribution in [3.63, 3.8) is 0 Å². The normalized spacial score (nSPS) is 22.8. The largest absolute Gasteiger partial charge is 0.329 e. The summed E-state index contributed by atoms with van der Waals surface area (Å²) in [6.45, 7) is 3.54. The topological polar surface area (TPSA) is 73.2 Å². The van der Waals surface area contributed by atoms with Crippen LogP contribution in [-0.4, -0.2) is 17.5 Å². The number of benzene rings is 1. The Morgan fingerprint density at radius 1 is 1.44 bits per heavy atom.